The van der Waals surface area contributed by atoms with Crippen LogP contribution in [0.4, 0.5) is 0 Å². The van der Waals surface area contributed by atoms with Gasteiger partial charge in [-0.05, 0) is 39.0 Å². The Bertz CT molecular complexity index is 161. The van der Waals surface area contributed by atoms with Crippen molar-refractivity contribution in [2.24, 2.45) is 11.7 Å². The number of rotatable bonds is 3. The predicted octanol–water partition coefficient (Wildman–Crippen LogP) is 1.63. The maximum atomic E-state index is 5.84. The lowest BCUT2D eigenvalue weighted by Gasteiger charge is -2.25. The van der Waals surface area contributed by atoms with Crippen molar-refractivity contribution in [1.29, 1.82) is 0 Å². The summed E-state index contributed by atoms with van der Waals surface area (Å²) in [7, 11) is 0. The fourth-order valence-corrected chi connectivity index (χ4v) is 1.72. The highest BCUT2D eigenvalue weighted by molar-refractivity contribution is 5.05. The second-order valence-corrected chi connectivity index (χ2v) is 3.65. The number of nitrogens with one attached hydrogen (secondary N) is 1. The Hall–Kier alpha value is -0.500. The number of hydrogen-bond donors (Lipinski definition) is 2. The lowest BCUT2D eigenvalue weighted by molar-refractivity contribution is 0.395. The van der Waals surface area contributed by atoms with Crippen LogP contribution in [0.5, 0.6) is 0 Å². The van der Waals surface area contributed by atoms with E-state index in [1.165, 1.54) is 18.5 Å². The Morgan fingerprint density at radius 2 is 2.50 bits per heavy atom. The quantitative estimate of drug-likeness (QED) is 0.672. The lowest BCUT2D eigenvalue weighted by Crippen LogP contribution is -2.29. The van der Waals surface area contributed by atoms with Gasteiger partial charge >= 0.3 is 0 Å². The van der Waals surface area contributed by atoms with Crippen LogP contribution in [0.25, 0.3) is 0 Å². The van der Waals surface area contributed by atoms with Crippen LogP contribution >= 0.6 is 0 Å². The molecule has 70 valence electrons. The number of nitrogens with two attached hydrogens (primary N) is 1. The average molecular weight is 168 g/mol. The van der Waals surface area contributed by atoms with Gasteiger partial charge in [-0.3, -0.25) is 0 Å². The van der Waals surface area contributed by atoms with Gasteiger partial charge in [0, 0.05) is 18.3 Å². The molecule has 0 aromatic rings. The molecule has 0 aromatic heterocycles. The highest BCUT2D eigenvalue weighted by atomic mass is 14.9. The second-order valence-electron chi connectivity index (χ2n) is 3.65. The second kappa shape index (κ2) is 4.51. The van der Waals surface area contributed by atoms with E-state index in [2.05, 4.69) is 25.2 Å². The molecule has 0 spiro atoms. The molecule has 0 aliphatic heterocycles. The topological polar surface area (TPSA) is 38.0 Å². The molecule has 0 amide bonds. The zero-order valence-electron chi connectivity index (χ0n) is 8.14. The van der Waals surface area contributed by atoms with Gasteiger partial charge in [-0.15, -0.1) is 0 Å². The standard InChI is InChI=1S/C10H20N2/c1-3-12-10-6-4-9(5-7-10)8(2)11/h6,8-9,12H,3-5,7,11H2,1-2H3/t8-,9+/m0/s1. The Labute approximate surface area is 75.2 Å². The van der Waals surface area contributed by atoms with E-state index in [0.717, 1.165) is 13.0 Å². The largest absolute Gasteiger partial charge is 0.389 e. The predicted molar refractivity (Wildman–Crippen MR) is 52.8 cm³/mol. The van der Waals surface area contributed by atoms with Crippen molar-refractivity contribution in [3.63, 3.8) is 0 Å². The van der Waals surface area contributed by atoms with E-state index in [1.807, 2.05) is 0 Å². The monoisotopic (exact) mass is 168 g/mol. The fourth-order valence-electron chi connectivity index (χ4n) is 1.72. The van der Waals surface area contributed by atoms with Crippen molar-refractivity contribution in [3.8, 4) is 0 Å². The first kappa shape index (κ1) is 9.59. The van der Waals surface area contributed by atoms with Crippen LogP contribution in [0.2, 0.25) is 0 Å². The van der Waals surface area contributed by atoms with Gasteiger partial charge in [-0.1, -0.05) is 6.08 Å². The molecule has 0 heterocycles. The number of allylic oxidation sites excluding steroid dienone is 2. The maximum Gasteiger partial charge on any atom is 0.0115 e. The first-order valence-electron chi connectivity index (χ1n) is 4.92. The maximum absolute atomic E-state index is 5.84. The molecule has 2 heteroatoms. The molecular formula is C10H20N2. The van der Waals surface area contributed by atoms with Gasteiger partial charge in [0.05, 0.1) is 0 Å². The van der Waals surface area contributed by atoms with Crippen LogP contribution in [-0.2, 0) is 0 Å². The van der Waals surface area contributed by atoms with Crippen molar-refractivity contribution < 1.29 is 0 Å². The molecule has 2 atom stereocenters. The first-order valence-corrected chi connectivity index (χ1v) is 4.92. The molecule has 1 aliphatic carbocycles. The van der Waals surface area contributed by atoms with Gasteiger partial charge in [0.25, 0.3) is 0 Å². The summed E-state index contributed by atoms with van der Waals surface area (Å²) in [5, 5.41) is 3.36. The van der Waals surface area contributed by atoms with Crippen molar-refractivity contribution >= 4 is 0 Å². The zero-order valence-corrected chi connectivity index (χ0v) is 8.14. The molecule has 0 unspecified atom stereocenters. The lowest BCUT2D eigenvalue weighted by atomic mass is 9.87. The molecule has 1 aliphatic rings. The molecule has 0 saturated heterocycles. The van der Waals surface area contributed by atoms with E-state index in [4.69, 9.17) is 5.73 Å². The van der Waals surface area contributed by atoms with E-state index < -0.39 is 0 Å². The van der Waals surface area contributed by atoms with Gasteiger partial charge in [0.15, 0.2) is 0 Å². The Morgan fingerprint density at radius 3 is 2.92 bits per heavy atom. The molecule has 1 rings (SSSR count). The SMILES string of the molecule is CCNC1=CC[C@@H]([C@H](C)N)CC1. The molecule has 2 nitrogen and oxygen atoms in total. The summed E-state index contributed by atoms with van der Waals surface area (Å²) in [5.74, 6) is 0.701. The van der Waals surface area contributed by atoms with E-state index in [1.54, 1.807) is 0 Å². The third-order valence-electron chi connectivity index (χ3n) is 2.60. The fraction of sp³-hybridized carbons (Fsp3) is 0.800. The van der Waals surface area contributed by atoms with Gasteiger partial charge in [0.1, 0.15) is 0 Å². The Kier molecular flexibility index (Phi) is 3.60. The van der Waals surface area contributed by atoms with Crippen LogP contribution in [0.15, 0.2) is 11.8 Å². The third-order valence-corrected chi connectivity index (χ3v) is 2.60. The summed E-state index contributed by atoms with van der Waals surface area (Å²) in [6.07, 6.45) is 5.89. The average Bonchev–Trinajstić information content (AvgIpc) is 2.06. The highest BCUT2D eigenvalue weighted by Gasteiger charge is 2.16. The molecule has 12 heavy (non-hydrogen) atoms. The van der Waals surface area contributed by atoms with E-state index >= 15 is 0 Å². The number of hydrogen-bond acceptors (Lipinski definition) is 2. The normalized spacial score (nSPS) is 26.2. The molecule has 0 aromatic carbocycles. The van der Waals surface area contributed by atoms with Crippen molar-refractivity contribution in [1.82, 2.24) is 5.32 Å². The summed E-state index contributed by atoms with van der Waals surface area (Å²) in [6.45, 7) is 5.28. The van der Waals surface area contributed by atoms with Crippen molar-refractivity contribution in [3.05, 3.63) is 11.8 Å². The summed E-state index contributed by atoms with van der Waals surface area (Å²) >= 11 is 0. The van der Waals surface area contributed by atoms with Crippen LogP contribution < -0.4 is 11.1 Å². The summed E-state index contributed by atoms with van der Waals surface area (Å²) < 4.78 is 0. The highest BCUT2D eigenvalue weighted by Crippen LogP contribution is 2.23. The zero-order chi connectivity index (χ0) is 8.97. The molecule has 0 saturated carbocycles. The molecule has 0 fully saturated rings. The Morgan fingerprint density at radius 1 is 1.75 bits per heavy atom. The summed E-state index contributed by atoms with van der Waals surface area (Å²) in [5.41, 5.74) is 7.25. The molecular weight excluding hydrogens is 148 g/mol. The minimum atomic E-state index is 0.351. The van der Waals surface area contributed by atoms with Crippen LogP contribution in [0, 0.1) is 5.92 Å². The van der Waals surface area contributed by atoms with Gasteiger partial charge < -0.3 is 11.1 Å². The van der Waals surface area contributed by atoms with Crippen LogP contribution in [-0.4, -0.2) is 12.6 Å². The van der Waals surface area contributed by atoms with Crippen LogP contribution in [0.1, 0.15) is 33.1 Å². The van der Waals surface area contributed by atoms with Gasteiger partial charge in [0.2, 0.25) is 0 Å². The smallest absolute Gasteiger partial charge is 0.0115 e. The van der Waals surface area contributed by atoms with Gasteiger partial charge in [-0.2, -0.15) is 0 Å². The van der Waals surface area contributed by atoms with E-state index in [9.17, 15) is 0 Å². The van der Waals surface area contributed by atoms with Gasteiger partial charge in [-0.25, -0.2) is 0 Å². The summed E-state index contributed by atoms with van der Waals surface area (Å²) in [4.78, 5) is 0. The van der Waals surface area contributed by atoms with E-state index in [-0.39, 0.29) is 0 Å². The molecule has 3 N–H and O–H groups in total. The molecule has 0 radical (unpaired) electrons. The van der Waals surface area contributed by atoms with E-state index in [0.29, 0.717) is 12.0 Å². The first-order chi connectivity index (χ1) is 5.74. The Balaban J connectivity index is 2.36. The minimum absolute atomic E-state index is 0.351. The van der Waals surface area contributed by atoms with Crippen molar-refractivity contribution in [2.45, 2.75) is 39.2 Å². The third kappa shape index (κ3) is 2.52. The van der Waals surface area contributed by atoms with Crippen LogP contribution in [0.3, 0.4) is 0 Å². The molecule has 0 bridgehead atoms. The van der Waals surface area contributed by atoms with Crippen molar-refractivity contribution in [2.75, 3.05) is 6.54 Å². The minimum Gasteiger partial charge on any atom is -0.389 e. The summed E-state index contributed by atoms with van der Waals surface area (Å²) in [6, 6.07) is 0.351.